The summed E-state index contributed by atoms with van der Waals surface area (Å²) in [5.41, 5.74) is 2.67. The summed E-state index contributed by atoms with van der Waals surface area (Å²) in [6.07, 6.45) is 0.270. The van der Waals surface area contributed by atoms with Crippen molar-refractivity contribution in [3.8, 4) is 5.75 Å². The van der Waals surface area contributed by atoms with Crippen LogP contribution in [0, 0.1) is 0 Å². The van der Waals surface area contributed by atoms with Crippen LogP contribution < -0.4 is 10.1 Å². The molecule has 2 aromatic rings. The molecule has 0 fully saturated rings. The topological polar surface area (TPSA) is 51.2 Å². The molecule has 5 heteroatoms. The summed E-state index contributed by atoms with van der Waals surface area (Å²) in [5.74, 6) is 0.966. The molecule has 0 aliphatic heterocycles. The molecule has 1 amide bonds. The molecule has 0 aliphatic rings. The smallest absolute Gasteiger partial charge is 0.230 e. The summed E-state index contributed by atoms with van der Waals surface area (Å²) in [7, 11) is 1.61. The summed E-state index contributed by atoms with van der Waals surface area (Å²) >= 11 is 1.60. The predicted octanol–water partition coefficient (Wildman–Crippen LogP) is 4.75. The second-order valence-corrected chi connectivity index (χ2v) is 8.11. The third-order valence-electron chi connectivity index (χ3n) is 3.74. The lowest BCUT2D eigenvalue weighted by molar-refractivity contribution is -0.115. The molecule has 130 valence electrons. The lowest BCUT2D eigenvalue weighted by Crippen LogP contribution is -2.17. The number of anilines is 1. The molecule has 0 atom stereocenters. The molecule has 4 nitrogen and oxygen atoms in total. The second kappa shape index (κ2) is 7.34. The van der Waals surface area contributed by atoms with E-state index < -0.39 is 0 Å². The zero-order valence-corrected chi connectivity index (χ0v) is 16.1. The first-order chi connectivity index (χ1) is 11.2. The quantitative estimate of drug-likeness (QED) is 0.849. The maximum absolute atomic E-state index is 12.4. The largest absolute Gasteiger partial charge is 0.495 e. The minimum absolute atomic E-state index is 0.00677. The van der Waals surface area contributed by atoms with Crippen LogP contribution in [0.15, 0.2) is 23.6 Å². The lowest BCUT2D eigenvalue weighted by Gasteiger charge is -2.21. The summed E-state index contributed by atoms with van der Waals surface area (Å²) in [5, 5.41) is 5.98. The molecule has 1 heterocycles. The summed E-state index contributed by atoms with van der Waals surface area (Å²) < 4.78 is 5.37. The SMILES string of the molecule is COc1ccc(C(C)(C)C)cc1NC(=O)Cc1csc(C(C)C)n1. The van der Waals surface area contributed by atoms with Crippen molar-refractivity contribution in [1.29, 1.82) is 0 Å². The first-order valence-corrected chi connectivity index (χ1v) is 9.01. The van der Waals surface area contributed by atoms with Crippen molar-refractivity contribution in [2.75, 3.05) is 12.4 Å². The van der Waals surface area contributed by atoms with Crippen molar-refractivity contribution in [3.05, 3.63) is 39.8 Å². The highest BCUT2D eigenvalue weighted by atomic mass is 32.1. The van der Waals surface area contributed by atoms with Crippen molar-refractivity contribution in [3.63, 3.8) is 0 Å². The van der Waals surface area contributed by atoms with E-state index in [1.165, 1.54) is 0 Å². The summed E-state index contributed by atoms with van der Waals surface area (Å²) in [6.45, 7) is 10.6. The molecule has 0 spiro atoms. The number of hydrogen-bond donors (Lipinski definition) is 1. The molecule has 1 aromatic carbocycles. The van der Waals surface area contributed by atoms with Gasteiger partial charge in [-0.05, 0) is 23.1 Å². The minimum Gasteiger partial charge on any atom is -0.495 e. The molecular weight excluding hydrogens is 320 g/mol. The average molecular weight is 346 g/mol. The van der Waals surface area contributed by atoms with Crippen LogP contribution >= 0.6 is 11.3 Å². The number of benzene rings is 1. The standard InChI is InChI=1S/C19H26N2O2S/c1-12(2)18-20-14(11-24-18)10-17(22)21-15-9-13(19(3,4)5)7-8-16(15)23-6/h7-9,11-12H,10H2,1-6H3,(H,21,22). The van der Waals surface area contributed by atoms with Gasteiger partial charge in [0.25, 0.3) is 0 Å². The summed E-state index contributed by atoms with van der Waals surface area (Å²) in [4.78, 5) is 16.9. The van der Waals surface area contributed by atoms with Crippen molar-refractivity contribution < 1.29 is 9.53 Å². The first kappa shape index (κ1) is 18.5. The Bertz CT molecular complexity index is 714. The number of nitrogens with zero attached hydrogens (tertiary/aromatic N) is 1. The molecule has 0 unspecified atom stereocenters. The molecule has 0 saturated heterocycles. The van der Waals surface area contributed by atoms with E-state index >= 15 is 0 Å². The van der Waals surface area contributed by atoms with Crippen LogP contribution in [0.3, 0.4) is 0 Å². The Hall–Kier alpha value is -1.88. The number of hydrogen-bond acceptors (Lipinski definition) is 4. The highest BCUT2D eigenvalue weighted by molar-refractivity contribution is 7.09. The van der Waals surface area contributed by atoms with Gasteiger partial charge in [0.05, 0.1) is 29.9 Å². The van der Waals surface area contributed by atoms with Gasteiger partial charge >= 0.3 is 0 Å². The Morgan fingerprint density at radius 3 is 2.58 bits per heavy atom. The van der Waals surface area contributed by atoms with Crippen LogP contribution in [0.1, 0.15) is 56.8 Å². The van der Waals surface area contributed by atoms with Crippen molar-refractivity contribution in [1.82, 2.24) is 4.98 Å². The van der Waals surface area contributed by atoms with Gasteiger partial charge in [0.15, 0.2) is 0 Å². The lowest BCUT2D eigenvalue weighted by atomic mass is 9.87. The molecule has 2 rings (SSSR count). The molecule has 0 radical (unpaired) electrons. The highest BCUT2D eigenvalue weighted by Gasteiger charge is 2.17. The monoisotopic (exact) mass is 346 g/mol. The Kier molecular flexibility index (Phi) is 5.65. The number of rotatable bonds is 5. The van der Waals surface area contributed by atoms with Crippen LogP contribution in [0.25, 0.3) is 0 Å². The van der Waals surface area contributed by atoms with E-state index in [4.69, 9.17) is 4.74 Å². The van der Waals surface area contributed by atoms with Crippen LogP contribution in [-0.4, -0.2) is 18.0 Å². The van der Waals surface area contributed by atoms with Gasteiger partial charge in [-0.25, -0.2) is 4.98 Å². The van der Waals surface area contributed by atoms with E-state index in [0.717, 1.165) is 16.3 Å². The molecule has 0 saturated carbocycles. The molecule has 0 bridgehead atoms. The van der Waals surface area contributed by atoms with Crippen molar-refractivity contribution >= 4 is 22.9 Å². The van der Waals surface area contributed by atoms with Gasteiger partial charge in [-0.15, -0.1) is 11.3 Å². The van der Waals surface area contributed by atoms with E-state index in [0.29, 0.717) is 17.4 Å². The number of thiazole rings is 1. The maximum atomic E-state index is 12.4. The zero-order valence-electron chi connectivity index (χ0n) is 15.3. The fourth-order valence-electron chi connectivity index (χ4n) is 2.30. The number of carbonyl (C=O) groups is 1. The third kappa shape index (κ3) is 4.57. The van der Waals surface area contributed by atoms with Crippen LogP contribution in [0.2, 0.25) is 0 Å². The Balaban J connectivity index is 2.15. The maximum Gasteiger partial charge on any atom is 0.230 e. The van der Waals surface area contributed by atoms with Gasteiger partial charge in [0.2, 0.25) is 5.91 Å². The fourth-order valence-corrected chi connectivity index (χ4v) is 3.14. The van der Waals surface area contributed by atoms with E-state index in [9.17, 15) is 4.79 Å². The molecule has 1 N–H and O–H groups in total. The van der Waals surface area contributed by atoms with Gasteiger partial charge < -0.3 is 10.1 Å². The Morgan fingerprint density at radius 1 is 1.33 bits per heavy atom. The van der Waals surface area contributed by atoms with Gasteiger partial charge in [-0.1, -0.05) is 40.7 Å². The summed E-state index contributed by atoms with van der Waals surface area (Å²) in [6, 6.07) is 5.91. The Labute approximate surface area is 148 Å². The van der Waals surface area contributed by atoms with Crippen molar-refractivity contribution in [2.24, 2.45) is 0 Å². The second-order valence-electron chi connectivity index (χ2n) is 7.22. The molecule has 0 aliphatic carbocycles. The number of aromatic nitrogens is 1. The average Bonchev–Trinajstić information content (AvgIpc) is 2.94. The zero-order chi connectivity index (χ0) is 17.9. The van der Waals surface area contributed by atoms with Gasteiger partial charge in [0, 0.05) is 11.3 Å². The Morgan fingerprint density at radius 2 is 2.04 bits per heavy atom. The third-order valence-corrected chi connectivity index (χ3v) is 4.94. The van der Waals surface area contributed by atoms with Crippen LogP contribution in [0.4, 0.5) is 5.69 Å². The van der Waals surface area contributed by atoms with Crippen LogP contribution in [0.5, 0.6) is 5.75 Å². The number of carbonyl (C=O) groups excluding carboxylic acids is 1. The van der Waals surface area contributed by atoms with E-state index in [-0.39, 0.29) is 17.7 Å². The van der Waals surface area contributed by atoms with E-state index in [1.54, 1.807) is 18.4 Å². The van der Waals surface area contributed by atoms with E-state index in [2.05, 4.69) is 44.9 Å². The van der Waals surface area contributed by atoms with Gasteiger partial charge in [-0.3, -0.25) is 4.79 Å². The van der Waals surface area contributed by atoms with Crippen LogP contribution in [-0.2, 0) is 16.6 Å². The van der Waals surface area contributed by atoms with Gasteiger partial charge in [0.1, 0.15) is 5.75 Å². The number of amides is 1. The van der Waals surface area contributed by atoms with Crippen molar-refractivity contribution in [2.45, 2.75) is 52.4 Å². The predicted molar refractivity (Wildman–Crippen MR) is 100 cm³/mol. The van der Waals surface area contributed by atoms with E-state index in [1.807, 2.05) is 23.6 Å². The number of ether oxygens (including phenoxy) is 1. The first-order valence-electron chi connectivity index (χ1n) is 8.13. The molecule has 24 heavy (non-hydrogen) atoms. The fraction of sp³-hybridized carbons (Fsp3) is 0.474. The number of nitrogens with one attached hydrogen (secondary N) is 1. The molecule has 1 aromatic heterocycles. The number of methoxy groups -OCH3 is 1. The highest BCUT2D eigenvalue weighted by Crippen LogP contribution is 2.31. The van der Waals surface area contributed by atoms with Gasteiger partial charge in [-0.2, -0.15) is 0 Å². The molecular formula is C19H26N2O2S. The minimum atomic E-state index is -0.0834. The normalized spacial score (nSPS) is 11.6.